The van der Waals surface area contributed by atoms with Gasteiger partial charge in [0.25, 0.3) is 0 Å². The number of ether oxygens (including phenoxy) is 2. The summed E-state index contributed by atoms with van der Waals surface area (Å²) in [5, 5.41) is 0. The molecule has 0 saturated carbocycles. The van der Waals surface area contributed by atoms with Crippen molar-refractivity contribution in [2.24, 2.45) is 11.8 Å². The van der Waals surface area contributed by atoms with Crippen LogP contribution in [0.3, 0.4) is 0 Å². The standard InChI is InChI=1S/C11H21BrO2/c1-7(2)10(8(3)4)14-11(13-6)9(5)12/h7-8,10-11H,5H2,1-4,6H3. The van der Waals surface area contributed by atoms with Crippen LogP contribution in [0.25, 0.3) is 0 Å². The van der Waals surface area contributed by atoms with Crippen molar-refractivity contribution < 1.29 is 9.47 Å². The van der Waals surface area contributed by atoms with Gasteiger partial charge in [-0.1, -0.05) is 50.2 Å². The molecule has 2 nitrogen and oxygen atoms in total. The summed E-state index contributed by atoms with van der Waals surface area (Å²) in [4.78, 5) is 0. The lowest BCUT2D eigenvalue weighted by Gasteiger charge is -2.29. The number of halogens is 1. The summed E-state index contributed by atoms with van der Waals surface area (Å²) in [6, 6.07) is 0. The maximum absolute atomic E-state index is 5.82. The Morgan fingerprint density at radius 1 is 1.14 bits per heavy atom. The van der Waals surface area contributed by atoms with Gasteiger partial charge in [-0.05, 0) is 11.8 Å². The highest BCUT2D eigenvalue weighted by Crippen LogP contribution is 2.22. The van der Waals surface area contributed by atoms with Crippen molar-refractivity contribution >= 4 is 15.9 Å². The molecular formula is C11H21BrO2. The van der Waals surface area contributed by atoms with Gasteiger partial charge in [-0.3, -0.25) is 0 Å². The average Bonchev–Trinajstić information content (AvgIpc) is 2.03. The smallest absolute Gasteiger partial charge is 0.189 e. The highest BCUT2D eigenvalue weighted by Gasteiger charge is 2.23. The molecule has 0 saturated heterocycles. The molecule has 0 aromatic rings. The molecule has 0 aromatic carbocycles. The largest absolute Gasteiger partial charge is 0.351 e. The molecule has 0 bridgehead atoms. The molecule has 1 atom stereocenters. The van der Waals surface area contributed by atoms with Gasteiger partial charge in [0.1, 0.15) is 0 Å². The van der Waals surface area contributed by atoms with Crippen LogP contribution in [0.1, 0.15) is 27.7 Å². The van der Waals surface area contributed by atoms with Crippen LogP contribution in [0.4, 0.5) is 0 Å². The zero-order chi connectivity index (χ0) is 11.3. The molecule has 0 N–H and O–H groups in total. The Morgan fingerprint density at radius 3 is 1.79 bits per heavy atom. The van der Waals surface area contributed by atoms with Crippen molar-refractivity contribution in [3.8, 4) is 0 Å². The zero-order valence-corrected chi connectivity index (χ0v) is 11.3. The van der Waals surface area contributed by atoms with E-state index < -0.39 is 0 Å². The first-order valence-corrected chi connectivity index (χ1v) is 5.72. The molecule has 0 aliphatic rings. The van der Waals surface area contributed by atoms with Gasteiger partial charge < -0.3 is 9.47 Å². The molecule has 0 aromatic heterocycles. The van der Waals surface area contributed by atoms with Crippen molar-refractivity contribution in [3.63, 3.8) is 0 Å². The van der Waals surface area contributed by atoms with Gasteiger partial charge in [-0.25, -0.2) is 0 Å². The second kappa shape index (κ2) is 6.59. The summed E-state index contributed by atoms with van der Waals surface area (Å²) in [6.07, 6.45) is -0.168. The van der Waals surface area contributed by atoms with Crippen LogP contribution in [0, 0.1) is 11.8 Å². The van der Waals surface area contributed by atoms with E-state index in [1.54, 1.807) is 7.11 Å². The fourth-order valence-corrected chi connectivity index (χ4v) is 1.78. The lowest BCUT2D eigenvalue weighted by molar-refractivity contribution is -0.152. The van der Waals surface area contributed by atoms with Crippen molar-refractivity contribution in [2.45, 2.75) is 40.1 Å². The first-order valence-electron chi connectivity index (χ1n) is 4.92. The highest BCUT2D eigenvalue weighted by molar-refractivity contribution is 9.11. The molecule has 0 aliphatic carbocycles. The van der Waals surface area contributed by atoms with Gasteiger partial charge in [0.05, 0.1) is 6.10 Å². The van der Waals surface area contributed by atoms with E-state index in [4.69, 9.17) is 9.47 Å². The molecule has 0 spiro atoms. The van der Waals surface area contributed by atoms with Crippen LogP contribution in [-0.2, 0) is 9.47 Å². The predicted octanol–water partition coefficient (Wildman–Crippen LogP) is 3.56. The summed E-state index contributed by atoms with van der Waals surface area (Å²) < 4.78 is 11.7. The molecule has 14 heavy (non-hydrogen) atoms. The van der Waals surface area contributed by atoms with Gasteiger partial charge >= 0.3 is 0 Å². The lowest BCUT2D eigenvalue weighted by Crippen LogP contribution is -2.31. The quantitative estimate of drug-likeness (QED) is 0.683. The minimum absolute atomic E-state index is 0.189. The van der Waals surface area contributed by atoms with Gasteiger partial charge in [-0.2, -0.15) is 0 Å². The predicted molar refractivity (Wildman–Crippen MR) is 63.4 cm³/mol. The Balaban J connectivity index is 4.34. The fourth-order valence-electron chi connectivity index (χ4n) is 1.48. The van der Waals surface area contributed by atoms with E-state index >= 15 is 0 Å². The van der Waals surface area contributed by atoms with Crippen LogP contribution in [0.2, 0.25) is 0 Å². The molecule has 84 valence electrons. The van der Waals surface area contributed by atoms with Crippen molar-refractivity contribution in [3.05, 3.63) is 11.1 Å². The molecular weight excluding hydrogens is 244 g/mol. The molecule has 1 unspecified atom stereocenters. The van der Waals surface area contributed by atoms with Gasteiger partial charge in [-0.15, -0.1) is 0 Å². The third-order valence-electron chi connectivity index (χ3n) is 2.06. The maximum Gasteiger partial charge on any atom is 0.189 e. The minimum Gasteiger partial charge on any atom is -0.351 e. The number of methoxy groups -OCH3 is 1. The van der Waals surface area contributed by atoms with Gasteiger partial charge in [0, 0.05) is 11.6 Å². The van der Waals surface area contributed by atoms with Crippen LogP contribution in [0.15, 0.2) is 11.1 Å². The zero-order valence-electron chi connectivity index (χ0n) is 9.71. The summed E-state index contributed by atoms with van der Waals surface area (Å²) in [5.41, 5.74) is 0. The van der Waals surface area contributed by atoms with Gasteiger partial charge in [0.2, 0.25) is 0 Å². The Hall–Kier alpha value is 0.140. The first-order chi connectivity index (χ1) is 6.40. The summed E-state index contributed by atoms with van der Waals surface area (Å²) in [5.74, 6) is 0.944. The SMILES string of the molecule is C=C(Br)C(OC)OC(C(C)C)C(C)C. The monoisotopic (exact) mass is 264 g/mol. The van der Waals surface area contributed by atoms with Crippen LogP contribution in [-0.4, -0.2) is 19.5 Å². The lowest BCUT2D eigenvalue weighted by atomic mass is 9.96. The number of rotatable bonds is 6. The molecule has 0 fully saturated rings. The van der Waals surface area contributed by atoms with Crippen LogP contribution in [0.5, 0.6) is 0 Å². The second-order valence-electron chi connectivity index (χ2n) is 4.10. The Kier molecular flexibility index (Phi) is 6.66. The third-order valence-corrected chi connectivity index (χ3v) is 2.44. The van der Waals surface area contributed by atoms with Crippen LogP contribution < -0.4 is 0 Å². The number of hydrogen-bond acceptors (Lipinski definition) is 2. The molecule has 0 heterocycles. The second-order valence-corrected chi connectivity index (χ2v) is 5.12. The summed E-state index contributed by atoms with van der Waals surface area (Å²) >= 11 is 3.28. The van der Waals surface area contributed by atoms with E-state index in [1.807, 2.05) is 0 Å². The summed E-state index contributed by atoms with van der Waals surface area (Å²) in [6.45, 7) is 12.4. The van der Waals surface area contributed by atoms with E-state index in [9.17, 15) is 0 Å². The minimum atomic E-state index is -0.357. The average molecular weight is 265 g/mol. The molecule has 0 amide bonds. The van der Waals surface area contributed by atoms with Crippen molar-refractivity contribution in [1.82, 2.24) is 0 Å². The highest BCUT2D eigenvalue weighted by atomic mass is 79.9. The van der Waals surface area contributed by atoms with E-state index in [1.165, 1.54) is 0 Å². The van der Waals surface area contributed by atoms with E-state index in [0.29, 0.717) is 11.8 Å². The third kappa shape index (κ3) is 4.58. The summed E-state index contributed by atoms with van der Waals surface area (Å²) in [7, 11) is 1.62. The Morgan fingerprint density at radius 2 is 1.57 bits per heavy atom. The molecule has 0 aliphatic heterocycles. The topological polar surface area (TPSA) is 18.5 Å². The fraction of sp³-hybridized carbons (Fsp3) is 0.818. The van der Waals surface area contributed by atoms with E-state index in [2.05, 4.69) is 50.2 Å². The maximum atomic E-state index is 5.82. The van der Waals surface area contributed by atoms with E-state index in [-0.39, 0.29) is 12.4 Å². The van der Waals surface area contributed by atoms with Crippen molar-refractivity contribution in [1.29, 1.82) is 0 Å². The Bertz CT molecular complexity index is 170. The van der Waals surface area contributed by atoms with Crippen LogP contribution >= 0.6 is 15.9 Å². The normalized spacial score (nSPS) is 14.1. The van der Waals surface area contributed by atoms with Crippen molar-refractivity contribution in [2.75, 3.05) is 7.11 Å². The Labute approximate surface area is 95.8 Å². The first kappa shape index (κ1) is 14.1. The van der Waals surface area contributed by atoms with E-state index in [0.717, 1.165) is 4.48 Å². The molecule has 0 rings (SSSR count). The van der Waals surface area contributed by atoms with Gasteiger partial charge in [0.15, 0.2) is 6.29 Å². The molecule has 0 radical (unpaired) electrons. The number of hydrogen-bond donors (Lipinski definition) is 0. The molecule has 3 heteroatoms.